The number of aryl methyl sites for hydroxylation is 1. The van der Waals surface area contributed by atoms with Gasteiger partial charge in [0.15, 0.2) is 0 Å². The first-order valence-electron chi connectivity index (χ1n) is 9.10. The molecule has 0 atom stereocenters. The Morgan fingerprint density at radius 3 is 2.31 bits per heavy atom. The molecule has 0 unspecified atom stereocenters. The largest absolute Gasteiger partial charge is 0.433 e. The minimum absolute atomic E-state index is 0.00960. The Hall–Kier alpha value is -2.92. The minimum atomic E-state index is -4.86. The molecule has 0 saturated heterocycles. The first-order chi connectivity index (χ1) is 14.9. The van der Waals surface area contributed by atoms with E-state index in [9.17, 15) is 30.8 Å². The second kappa shape index (κ2) is 8.55. The standard InChI is InChI=1S/C20H16ClF4N3O3S/c1-3-28(12-7-5-4-6-8-12)32(30,31)17-9-13(15(22)10-14(17)21)19-16(29)11-18(20(23,24)25)27(2)26-19/h4-11H,3H2,1-2H3. The number of nitrogens with zero attached hydrogens (tertiary/aromatic N) is 3. The maximum atomic E-state index is 14.7. The number of anilines is 1. The van der Waals surface area contributed by atoms with Crippen LogP contribution in [0, 0.1) is 5.82 Å². The monoisotopic (exact) mass is 489 g/mol. The molecule has 0 aliphatic carbocycles. The van der Waals surface area contributed by atoms with Crippen molar-refractivity contribution in [2.45, 2.75) is 18.0 Å². The number of sulfonamides is 1. The quantitative estimate of drug-likeness (QED) is 0.496. The predicted molar refractivity (Wildman–Crippen MR) is 112 cm³/mol. The van der Waals surface area contributed by atoms with Crippen LogP contribution >= 0.6 is 11.6 Å². The van der Waals surface area contributed by atoms with E-state index in [2.05, 4.69) is 5.10 Å². The van der Waals surface area contributed by atoms with Crippen molar-refractivity contribution >= 4 is 27.3 Å². The summed E-state index contributed by atoms with van der Waals surface area (Å²) in [5.74, 6) is -1.11. The molecular formula is C20H16ClF4N3O3S. The number of rotatable bonds is 5. The Kier molecular flexibility index (Phi) is 6.34. The first-order valence-corrected chi connectivity index (χ1v) is 10.9. The van der Waals surface area contributed by atoms with Gasteiger partial charge in [-0.05, 0) is 31.2 Å². The van der Waals surface area contributed by atoms with E-state index in [1.54, 1.807) is 37.3 Å². The van der Waals surface area contributed by atoms with Crippen LogP contribution in [0.3, 0.4) is 0 Å². The molecule has 0 bridgehead atoms. The summed E-state index contributed by atoms with van der Waals surface area (Å²) in [6.07, 6.45) is -4.86. The van der Waals surface area contributed by atoms with Gasteiger partial charge in [0, 0.05) is 25.2 Å². The van der Waals surface area contributed by atoms with Crippen LogP contribution < -0.4 is 9.73 Å². The van der Waals surface area contributed by atoms with Crippen LogP contribution in [-0.2, 0) is 23.2 Å². The lowest BCUT2D eigenvalue weighted by atomic mass is 10.1. The van der Waals surface area contributed by atoms with Gasteiger partial charge < -0.3 is 0 Å². The molecular weight excluding hydrogens is 474 g/mol. The highest BCUT2D eigenvalue weighted by atomic mass is 35.5. The van der Waals surface area contributed by atoms with Crippen molar-refractivity contribution in [1.82, 2.24) is 9.78 Å². The fourth-order valence-corrected chi connectivity index (χ4v) is 5.10. The van der Waals surface area contributed by atoms with Crippen LogP contribution in [0.4, 0.5) is 23.2 Å². The zero-order chi connectivity index (χ0) is 23.8. The Labute approximate surface area is 185 Å². The summed E-state index contributed by atoms with van der Waals surface area (Å²) in [7, 11) is -3.38. The fourth-order valence-electron chi connectivity index (χ4n) is 3.10. The minimum Gasteiger partial charge on any atom is -0.287 e. The number of aromatic nitrogens is 2. The maximum absolute atomic E-state index is 14.7. The normalized spacial score (nSPS) is 12.1. The average molecular weight is 490 g/mol. The molecule has 0 N–H and O–H groups in total. The van der Waals surface area contributed by atoms with Gasteiger partial charge in [0.1, 0.15) is 22.1 Å². The number of halogens is 5. The van der Waals surface area contributed by atoms with Crippen LogP contribution in [0.1, 0.15) is 12.6 Å². The van der Waals surface area contributed by atoms with Crippen LogP contribution in [0.2, 0.25) is 5.02 Å². The zero-order valence-corrected chi connectivity index (χ0v) is 18.3. The SMILES string of the molecule is CCN(c1ccccc1)S(=O)(=O)c1cc(-c2nn(C)c(C(F)(F)F)cc2=O)c(F)cc1Cl. The molecule has 32 heavy (non-hydrogen) atoms. The third kappa shape index (κ3) is 4.35. The lowest BCUT2D eigenvalue weighted by Crippen LogP contribution is -2.31. The Morgan fingerprint density at radius 1 is 1.12 bits per heavy atom. The number of para-hydroxylation sites is 1. The van der Waals surface area contributed by atoms with Crippen LogP contribution in [0.5, 0.6) is 0 Å². The molecule has 0 fully saturated rings. The van der Waals surface area contributed by atoms with Gasteiger partial charge in [-0.1, -0.05) is 29.8 Å². The molecule has 0 amide bonds. The van der Waals surface area contributed by atoms with E-state index in [1.807, 2.05) is 0 Å². The van der Waals surface area contributed by atoms with E-state index in [1.165, 1.54) is 0 Å². The Bertz CT molecular complexity index is 1330. The van der Waals surface area contributed by atoms with Gasteiger partial charge in [0.25, 0.3) is 10.0 Å². The molecule has 2 aromatic carbocycles. The molecule has 0 spiro atoms. The highest BCUT2D eigenvalue weighted by molar-refractivity contribution is 7.93. The topological polar surface area (TPSA) is 72.3 Å². The average Bonchev–Trinajstić information content (AvgIpc) is 2.70. The van der Waals surface area contributed by atoms with E-state index in [0.29, 0.717) is 16.4 Å². The number of alkyl halides is 3. The van der Waals surface area contributed by atoms with E-state index in [-0.39, 0.29) is 12.6 Å². The van der Waals surface area contributed by atoms with Gasteiger partial charge >= 0.3 is 6.18 Å². The summed E-state index contributed by atoms with van der Waals surface area (Å²) >= 11 is 6.02. The summed E-state index contributed by atoms with van der Waals surface area (Å²) in [5.41, 5.74) is -3.52. The van der Waals surface area contributed by atoms with Crippen molar-refractivity contribution in [3.63, 3.8) is 0 Å². The van der Waals surface area contributed by atoms with Crippen molar-refractivity contribution in [1.29, 1.82) is 0 Å². The van der Waals surface area contributed by atoms with Crippen molar-refractivity contribution < 1.29 is 26.0 Å². The highest BCUT2D eigenvalue weighted by Crippen LogP contribution is 2.34. The molecule has 6 nitrogen and oxygen atoms in total. The molecule has 0 aliphatic rings. The van der Waals surface area contributed by atoms with E-state index < -0.39 is 54.3 Å². The van der Waals surface area contributed by atoms with Gasteiger partial charge in [0.05, 0.1) is 10.7 Å². The second-order valence-corrected chi connectivity index (χ2v) is 8.87. The van der Waals surface area contributed by atoms with Crippen molar-refractivity contribution in [2.24, 2.45) is 7.05 Å². The number of benzene rings is 2. The first kappa shape index (κ1) is 23.7. The van der Waals surface area contributed by atoms with E-state index in [4.69, 9.17) is 11.6 Å². The molecule has 12 heteroatoms. The van der Waals surface area contributed by atoms with Crippen LogP contribution in [0.25, 0.3) is 11.3 Å². The lowest BCUT2D eigenvalue weighted by molar-refractivity contribution is -0.144. The summed E-state index contributed by atoms with van der Waals surface area (Å²) in [5, 5.41) is 3.08. The van der Waals surface area contributed by atoms with Gasteiger partial charge in [-0.25, -0.2) is 12.8 Å². The zero-order valence-electron chi connectivity index (χ0n) is 16.7. The van der Waals surface area contributed by atoms with Gasteiger partial charge in [0.2, 0.25) is 5.43 Å². The molecule has 170 valence electrons. The molecule has 0 radical (unpaired) electrons. The Morgan fingerprint density at radius 2 is 1.75 bits per heavy atom. The summed E-state index contributed by atoms with van der Waals surface area (Å²) in [4.78, 5) is 11.8. The summed E-state index contributed by atoms with van der Waals surface area (Å²) in [6, 6.07) is 9.80. The van der Waals surface area contributed by atoms with Gasteiger partial charge in [-0.2, -0.15) is 18.3 Å². The maximum Gasteiger partial charge on any atom is 0.433 e. The predicted octanol–water partition coefficient (Wildman–Crippen LogP) is 4.47. The van der Waals surface area contributed by atoms with E-state index >= 15 is 0 Å². The molecule has 3 rings (SSSR count). The number of hydrogen-bond acceptors (Lipinski definition) is 4. The fraction of sp³-hybridized carbons (Fsp3) is 0.200. The van der Waals surface area contributed by atoms with E-state index in [0.717, 1.165) is 17.4 Å². The Balaban J connectivity index is 2.22. The molecule has 1 heterocycles. The lowest BCUT2D eigenvalue weighted by Gasteiger charge is -2.24. The van der Waals surface area contributed by atoms with Crippen LogP contribution in [-0.4, -0.2) is 24.7 Å². The molecule has 0 saturated carbocycles. The molecule has 0 aliphatic heterocycles. The molecule has 3 aromatic rings. The smallest absolute Gasteiger partial charge is 0.287 e. The van der Waals surface area contributed by atoms with Gasteiger partial charge in [-0.3, -0.25) is 13.8 Å². The third-order valence-electron chi connectivity index (χ3n) is 4.57. The molecule has 1 aromatic heterocycles. The number of hydrogen-bond donors (Lipinski definition) is 0. The van der Waals surface area contributed by atoms with Crippen molar-refractivity contribution in [3.05, 3.63) is 75.3 Å². The highest BCUT2D eigenvalue weighted by Gasteiger charge is 2.35. The van der Waals surface area contributed by atoms with Crippen molar-refractivity contribution in [2.75, 3.05) is 10.8 Å². The third-order valence-corrected chi connectivity index (χ3v) is 6.93. The summed E-state index contributed by atoms with van der Waals surface area (Å²) < 4.78 is 81.7. The summed E-state index contributed by atoms with van der Waals surface area (Å²) in [6.45, 7) is 1.59. The van der Waals surface area contributed by atoms with Crippen LogP contribution in [0.15, 0.2) is 58.2 Å². The second-order valence-electron chi connectivity index (χ2n) is 6.63. The van der Waals surface area contributed by atoms with Crippen molar-refractivity contribution in [3.8, 4) is 11.3 Å². The van der Waals surface area contributed by atoms with Gasteiger partial charge in [-0.15, -0.1) is 0 Å².